The zero-order chi connectivity index (χ0) is 14.6. The van der Waals surface area contributed by atoms with Crippen molar-refractivity contribution >= 4 is 0 Å². The minimum Gasteiger partial charge on any atom is -0.382 e. The van der Waals surface area contributed by atoms with Crippen molar-refractivity contribution in [1.82, 2.24) is 5.32 Å². The van der Waals surface area contributed by atoms with E-state index in [4.69, 9.17) is 18.9 Å². The van der Waals surface area contributed by atoms with Crippen LogP contribution in [0.1, 0.15) is 27.7 Å². The molecule has 0 amide bonds. The Morgan fingerprint density at radius 3 is 1.95 bits per heavy atom. The van der Waals surface area contributed by atoms with Crippen molar-refractivity contribution in [2.45, 2.75) is 39.3 Å². The molecule has 1 N–H and O–H groups in total. The molecule has 0 rings (SSSR count). The summed E-state index contributed by atoms with van der Waals surface area (Å²) < 4.78 is 21.2. The average molecular weight is 277 g/mol. The first-order valence-electron chi connectivity index (χ1n) is 6.97. The van der Waals surface area contributed by atoms with E-state index in [1.165, 1.54) is 0 Å². The van der Waals surface area contributed by atoms with Crippen LogP contribution in [-0.2, 0) is 18.9 Å². The van der Waals surface area contributed by atoms with Gasteiger partial charge in [-0.2, -0.15) is 0 Å². The fraction of sp³-hybridized carbons (Fsp3) is 1.00. The summed E-state index contributed by atoms with van der Waals surface area (Å²) in [5, 5.41) is 3.40. The van der Waals surface area contributed by atoms with Gasteiger partial charge in [-0.1, -0.05) is 0 Å². The van der Waals surface area contributed by atoms with E-state index in [2.05, 4.69) is 33.0 Å². The molecule has 1 atom stereocenters. The molecule has 0 radical (unpaired) electrons. The third kappa shape index (κ3) is 15.7. The topological polar surface area (TPSA) is 49.0 Å². The standard InChI is InChI=1S/C14H31NO4/c1-13(12-15-14(2,3)4)19-11-10-18-9-8-17-7-6-16-5/h13,15H,6-12H2,1-5H3. The van der Waals surface area contributed by atoms with Gasteiger partial charge in [0.25, 0.3) is 0 Å². The van der Waals surface area contributed by atoms with Crippen LogP contribution in [0.3, 0.4) is 0 Å². The van der Waals surface area contributed by atoms with Crippen molar-refractivity contribution in [2.75, 3.05) is 53.3 Å². The van der Waals surface area contributed by atoms with Gasteiger partial charge in [-0.05, 0) is 27.7 Å². The highest BCUT2D eigenvalue weighted by atomic mass is 16.6. The van der Waals surface area contributed by atoms with E-state index in [0.29, 0.717) is 39.6 Å². The van der Waals surface area contributed by atoms with Gasteiger partial charge in [0.05, 0.1) is 45.7 Å². The van der Waals surface area contributed by atoms with E-state index < -0.39 is 0 Å². The van der Waals surface area contributed by atoms with Crippen molar-refractivity contribution in [3.05, 3.63) is 0 Å². The van der Waals surface area contributed by atoms with Crippen LogP contribution in [0, 0.1) is 0 Å². The fourth-order valence-electron chi connectivity index (χ4n) is 1.28. The molecule has 0 aromatic heterocycles. The highest BCUT2D eigenvalue weighted by Gasteiger charge is 2.10. The van der Waals surface area contributed by atoms with Crippen LogP contribution < -0.4 is 5.32 Å². The zero-order valence-electron chi connectivity index (χ0n) is 13.2. The summed E-state index contributed by atoms with van der Waals surface area (Å²) in [5.74, 6) is 0. The number of ether oxygens (including phenoxy) is 4. The molecule has 0 saturated carbocycles. The first-order valence-corrected chi connectivity index (χ1v) is 6.97. The smallest absolute Gasteiger partial charge is 0.0704 e. The predicted octanol–water partition coefficient (Wildman–Crippen LogP) is 1.46. The molecule has 0 bridgehead atoms. The largest absolute Gasteiger partial charge is 0.382 e. The summed E-state index contributed by atoms with van der Waals surface area (Å²) in [6.45, 7) is 13.0. The molecule has 0 aliphatic carbocycles. The molecule has 1 unspecified atom stereocenters. The molecule has 0 spiro atoms. The minimum absolute atomic E-state index is 0.133. The second-order valence-corrected chi connectivity index (χ2v) is 5.53. The van der Waals surface area contributed by atoms with Gasteiger partial charge in [-0.3, -0.25) is 0 Å². The quantitative estimate of drug-likeness (QED) is 0.547. The summed E-state index contributed by atoms with van der Waals surface area (Å²) in [7, 11) is 1.66. The Hall–Kier alpha value is -0.200. The first kappa shape index (κ1) is 18.8. The molecule has 0 aromatic rings. The number of rotatable bonds is 12. The molecule has 0 fully saturated rings. The lowest BCUT2D eigenvalue weighted by Crippen LogP contribution is -2.41. The van der Waals surface area contributed by atoms with E-state index in [1.54, 1.807) is 7.11 Å². The molecular formula is C14H31NO4. The molecule has 19 heavy (non-hydrogen) atoms. The van der Waals surface area contributed by atoms with Crippen molar-refractivity contribution < 1.29 is 18.9 Å². The lowest BCUT2D eigenvalue weighted by Gasteiger charge is -2.23. The highest BCUT2D eigenvalue weighted by molar-refractivity contribution is 4.71. The lowest BCUT2D eigenvalue weighted by atomic mass is 10.1. The van der Waals surface area contributed by atoms with Gasteiger partial charge in [0.1, 0.15) is 0 Å². The maximum atomic E-state index is 5.63. The van der Waals surface area contributed by atoms with Gasteiger partial charge in [0, 0.05) is 19.2 Å². The second kappa shape index (κ2) is 11.6. The molecule has 0 heterocycles. The van der Waals surface area contributed by atoms with Crippen molar-refractivity contribution in [3.8, 4) is 0 Å². The Balaban J connectivity index is 3.21. The van der Waals surface area contributed by atoms with Crippen LogP contribution in [0.5, 0.6) is 0 Å². The monoisotopic (exact) mass is 277 g/mol. The van der Waals surface area contributed by atoms with E-state index in [1.807, 2.05) is 0 Å². The maximum absolute atomic E-state index is 5.63. The summed E-state index contributed by atoms with van der Waals surface area (Å²) >= 11 is 0. The van der Waals surface area contributed by atoms with Crippen molar-refractivity contribution in [3.63, 3.8) is 0 Å². The number of nitrogens with one attached hydrogen (secondary N) is 1. The third-order valence-electron chi connectivity index (χ3n) is 2.35. The first-order chi connectivity index (χ1) is 8.95. The van der Waals surface area contributed by atoms with Crippen molar-refractivity contribution in [2.24, 2.45) is 0 Å². The number of hydrogen-bond donors (Lipinski definition) is 1. The molecule has 0 aliphatic heterocycles. The highest BCUT2D eigenvalue weighted by Crippen LogP contribution is 1.99. The normalized spacial score (nSPS) is 13.7. The van der Waals surface area contributed by atoms with E-state index in [0.717, 1.165) is 6.54 Å². The summed E-state index contributed by atoms with van der Waals surface area (Å²) in [6.07, 6.45) is 0.195. The van der Waals surface area contributed by atoms with Gasteiger partial charge >= 0.3 is 0 Å². The van der Waals surface area contributed by atoms with Gasteiger partial charge < -0.3 is 24.3 Å². The molecule has 0 aliphatic rings. The van der Waals surface area contributed by atoms with Crippen LogP contribution in [0.15, 0.2) is 0 Å². The Bertz CT molecular complexity index is 194. The Kier molecular flexibility index (Phi) is 11.5. The zero-order valence-corrected chi connectivity index (χ0v) is 13.2. The van der Waals surface area contributed by atoms with Crippen LogP contribution in [0.4, 0.5) is 0 Å². The molecule has 5 heteroatoms. The van der Waals surface area contributed by atoms with Crippen LogP contribution >= 0.6 is 0 Å². The Morgan fingerprint density at radius 1 is 0.895 bits per heavy atom. The molecule has 0 saturated heterocycles. The number of hydrogen-bond acceptors (Lipinski definition) is 5. The second-order valence-electron chi connectivity index (χ2n) is 5.53. The minimum atomic E-state index is 0.133. The lowest BCUT2D eigenvalue weighted by molar-refractivity contribution is -0.0126. The molecule has 116 valence electrons. The van der Waals surface area contributed by atoms with Crippen molar-refractivity contribution in [1.29, 1.82) is 0 Å². The summed E-state index contributed by atoms with van der Waals surface area (Å²) in [6, 6.07) is 0. The van der Waals surface area contributed by atoms with Gasteiger partial charge in [-0.15, -0.1) is 0 Å². The molecular weight excluding hydrogens is 246 g/mol. The Morgan fingerprint density at radius 2 is 1.42 bits per heavy atom. The maximum Gasteiger partial charge on any atom is 0.0704 e. The molecule has 5 nitrogen and oxygen atoms in total. The van der Waals surface area contributed by atoms with E-state index in [-0.39, 0.29) is 11.6 Å². The van der Waals surface area contributed by atoms with Crippen LogP contribution in [-0.4, -0.2) is 64.9 Å². The van der Waals surface area contributed by atoms with Gasteiger partial charge in [0.2, 0.25) is 0 Å². The summed E-state index contributed by atoms with van der Waals surface area (Å²) in [5.41, 5.74) is 0.133. The van der Waals surface area contributed by atoms with Gasteiger partial charge in [-0.25, -0.2) is 0 Å². The number of methoxy groups -OCH3 is 1. The molecule has 0 aromatic carbocycles. The van der Waals surface area contributed by atoms with Crippen LogP contribution in [0.25, 0.3) is 0 Å². The fourth-order valence-corrected chi connectivity index (χ4v) is 1.28. The van der Waals surface area contributed by atoms with Crippen LogP contribution in [0.2, 0.25) is 0 Å². The Labute approximate surface area is 117 Å². The predicted molar refractivity (Wildman–Crippen MR) is 76.7 cm³/mol. The van der Waals surface area contributed by atoms with E-state index >= 15 is 0 Å². The third-order valence-corrected chi connectivity index (χ3v) is 2.35. The SMILES string of the molecule is COCCOCCOCCOC(C)CNC(C)(C)C. The van der Waals surface area contributed by atoms with E-state index in [9.17, 15) is 0 Å². The summed E-state index contributed by atoms with van der Waals surface area (Å²) in [4.78, 5) is 0. The van der Waals surface area contributed by atoms with Gasteiger partial charge in [0.15, 0.2) is 0 Å². The average Bonchev–Trinajstić information content (AvgIpc) is 2.33.